The van der Waals surface area contributed by atoms with Crippen molar-refractivity contribution in [1.82, 2.24) is 4.90 Å². The van der Waals surface area contributed by atoms with Gasteiger partial charge in [-0.2, -0.15) is 0 Å². The van der Waals surface area contributed by atoms with E-state index in [4.69, 9.17) is 0 Å². The first-order valence-electron chi connectivity index (χ1n) is 7.94. The van der Waals surface area contributed by atoms with Crippen LogP contribution in [0.4, 0.5) is 0 Å². The molecule has 1 saturated heterocycles. The monoisotopic (exact) mass is 287 g/mol. The summed E-state index contributed by atoms with van der Waals surface area (Å²) >= 11 is 0. The Kier molecular flexibility index (Phi) is 3.36. The minimum Gasteiger partial charge on any atom is -0.390 e. The molecule has 1 amide bonds. The quantitative estimate of drug-likeness (QED) is 0.908. The van der Waals surface area contributed by atoms with Gasteiger partial charge in [0, 0.05) is 19.0 Å². The van der Waals surface area contributed by atoms with Gasteiger partial charge in [-0.15, -0.1) is 0 Å². The van der Waals surface area contributed by atoms with Gasteiger partial charge in [-0.25, -0.2) is 0 Å². The molecule has 1 saturated carbocycles. The SMILES string of the molecule is Cc1ccc(C2(C(=O)N3CCC(C)(O)C(C)C3)CC2)cc1. The maximum atomic E-state index is 13.0. The molecule has 0 radical (unpaired) electrons. The molecule has 0 spiro atoms. The molecule has 0 aromatic heterocycles. The molecule has 1 N–H and O–H groups in total. The van der Waals surface area contributed by atoms with Crippen molar-refractivity contribution in [2.45, 2.75) is 51.0 Å². The highest BCUT2D eigenvalue weighted by Crippen LogP contribution is 2.50. The van der Waals surface area contributed by atoms with Crippen LogP contribution in [0.5, 0.6) is 0 Å². The van der Waals surface area contributed by atoms with E-state index in [0.29, 0.717) is 19.5 Å². The molecule has 21 heavy (non-hydrogen) atoms. The first kappa shape index (κ1) is 14.6. The number of amides is 1. The molecular weight excluding hydrogens is 262 g/mol. The van der Waals surface area contributed by atoms with Gasteiger partial charge in [0.05, 0.1) is 11.0 Å². The van der Waals surface area contributed by atoms with Crippen molar-refractivity contribution < 1.29 is 9.90 Å². The Hall–Kier alpha value is -1.35. The van der Waals surface area contributed by atoms with Gasteiger partial charge >= 0.3 is 0 Å². The fraction of sp³-hybridized carbons (Fsp3) is 0.611. The highest BCUT2D eigenvalue weighted by molar-refractivity contribution is 5.91. The maximum absolute atomic E-state index is 13.0. The zero-order chi connectivity index (χ0) is 15.3. The standard InChI is InChI=1S/C18H25NO2/c1-13-4-6-15(7-5-13)18(8-9-18)16(20)19-11-10-17(3,21)14(2)12-19/h4-7,14,21H,8-12H2,1-3H3. The molecule has 3 rings (SSSR count). The Labute approximate surface area is 127 Å². The van der Waals surface area contributed by atoms with Gasteiger partial charge in [0.25, 0.3) is 0 Å². The van der Waals surface area contributed by atoms with Gasteiger partial charge in [0.2, 0.25) is 5.91 Å². The summed E-state index contributed by atoms with van der Waals surface area (Å²) in [6.07, 6.45) is 2.58. The number of benzene rings is 1. The van der Waals surface area contributed by atoms with Crippen LogP contribution in [0.1, 0.15) is 44.2 Å². The van der Waals surface area contributed by atoms with Crippen LogP contribution in [0.15, 0.2) is 24.3 Å². The number of aliphatic hydroxyl groups is 1. The van der Waals surface area contributed by atoms with E-state index in [1.807, 2.05) is 18.7 Å². The zero-order valence-electron chi connectivity index (χ0n) is 13.2. The summed E-state index contributed by atoms with van der Waals surface area (Å²) in [6.45, 7) is 7.32. The molecule has 0 bridgehead atoms. The van der Waals surface area contributed by atoms with Crippen molar-refractivity contribution >= 4 is 5.91 Å². The van der Waals surface area contributed by atoms with Crippen LogP contribution in [-0.2, 0) is 10.2 Å². The third kappa shape index (κ3) is 2.48. The number of hydrogen-bond acceptors (Lipinski definition) is 2. The zero-order valence-corrected chi connectivity index (χ0v) is 13.2. The summed E-state index contributed by atoms with van der Waals surface area (Å²) in [6, 6.07) is 8.38. The van der Waals surface area contributed by atoms with E-state index in [2.05, 4.69) is 31.2 Å². The lowest BCUT2D eigenvalue weighted by Crippen LogP contribution is -2.53. The Morgan fingerprint density at radius 3 is 2.38 bits per heavy atom. The Morgan fingerprint density at radius 1 is 1.24 bits per heavy atom. The van der Waals surface area contributed by atoms with Crippen LogP contribution in [0.2, 0.25) is 0 Å². The van der Waals surface area contributed by atoms with Crippen molar-refractivity contribution in [1.29, 1.82) is 0 Å². The predicted octanol–water partition coefficient (Wildman–Crippen LogP) is 2.65. The highest BCUT2D eigenvalue weighted by atomic mass is 16.3. The number of nitrogens with zero attached hydrogens (tertiary/aromatic N) is 1. The molecule has 3 nitrogen and oxygen atoms in total. The van der Waals surface area contributed by atoms with E-state index in [-0.39, 0.29) is 17.2 Å². The van der Waals surface area contributed by atoms with Crippen molar-refractivity contribution in [3.8, 4) is 0 Å². The smallest absolute Gasteiger partial charge is 0.233 e. The third-order valence-electron chi connectivity index (χ3n) is 5.49. The van der Waals surface area contributed by atoms with Crippen molar-refractivity contribution in [2.75, 3.05) is 13.1 Å². The molecule has 3 heteroatoms. The second-order valence-corrected chi connectivity index (χ2v) is 7.21. The topological polar surface area (TPSA) is 40.5 Å². The molecule has 114 valence electrons. The lowest BCUT2D eigenvalue weighted by molar-refractivity contribution is -0.141. The van der Waals surface area contributed by atoms with Gasteiger partial charge in [-0.05, 0) is 38.7 Å². The average molecular weight is 287 g/mol. The van der Waals surface area contributed by atoms with Gasteiger partial charge in [-0.3, -0.25) is 4.79 Å². The summed E-state index contributed by atoms with van der Waals surface area (Å²) in [5.41, 5.74) is 1.46. The third-order valence-corrected chi connectivity index (χ3v) is 5.49. The first-order chi connectivity index (χ1) is 9.85. The molecule has 1 heterocycles. The number of likely N-dealkylation sites (tertiary alicyclic amines) is 1. The summed E-state index contributed by atoms with van der Waals surface area (Å²) in [5, 5.41) is 10.3. The van der Waals surface area contributed by atoms with Crippen molar-refractivity contribution in [3.05, 3.63) is 35.4 Å². The van der Waals surface area contributed by atoms with E-state index in [9.17, 15) is 9.90 Å². The van der Waals surface area contributed by atoms with Gasteiger partial charge < -0.3 is 10.0 Å². The van der Waals surface area contributed by atoms with Gasteiger partial charge in [0.1, 0.15) is 0 Å². The van der Waals surface area contributed by atoms with E-state index in [1.54, 1.807) is 0 Å². The lowest BCUT2D eigenvalue weighted by Gasteiger charge is -2.42. The minimum absolute atomic E-state index is 0.129. The number of piperidine rings is 1. The van der Waals surface area contributed by atoms with Crippen LogP contribution in [-0.4, -0.2) is 34.6 Å². The molecule has 2 unspecified atom stereocenters. The van der Waals surface area contributed by atoms with E-state index in [0.717, 1.165) is 18.4 Å². The van der Waals surface area contributed by atoms with Crippen LogP contribution < -0.4 is 0 Å². The highest BCUT2D eigenvalue weighted by Gasteiger charge is 2.54. The van der Waals surface area contributed by atoms with Crippen molar-refractivity contribution in [3.63, 3.8) is 0 Å². The molecule has 1 aromatic rings. The Bertz CT molecular complexity index is 543. The molecule has 2 aliphatic rings. The number of rotatable bonds is 2. The van der Waals surface area contributed by atoms with Crippen LogP contribution >= 0.6 is 0 Å². The molecule has 2 fully saturated rings. The second-order valence-electron chi connectivity index (χ2n) is 7.21. The van der Waals surface area contributed by atoms with Gasteiger partial charge in [0.15, 0.2) is 0 Å². The molecular formula is C18H25NO2. The number of hydrogen-bond donors (Lipinski definition) is 1. The first-order valence-corrected chi connectivity index (χ1v) is 7.94. The molecule has 1 aliphatic heterocycles. The van der Waals surface area contributed by atoms with Crippen LogP contribution in [0, 0.1) is 12.8 Å². The average Bonchev–Trinajstić information content (AvgIpc) is 3.23. The summed E-state index contributed by atoms with van der Waals surface area (Å²) in [7, 11) is 0. The van der Waals surface area contributed by atoms with E-state index in [1.165, 1.54) is 5.56 Å². The molecule has 1 aromatic carbocycles. The second kappa shape index (κ2) is 4.84. The minimum atomic E-state index is -0.642. The Balaban J connectivity index is 1.78. The molecule has 2 atom stereocenters. The largest absolute Gasteiger partial charge is 0.390 e. The fourth-order valence-corrected chi connectivity index (χ4v) is 3.34. The summed E-state index contributed by atoms with van der Waals surface area (Å²) in [5.74, 6) is 0.387. The maximum Gasteiger partial charge on any atom is 0.233 e. The van der Waals surface area contributed by atoms with E-state index < -0.39 is 5.60 Å². The van der Waals surface area contributed by atoms with Crippen LogP contribution in [0.25, 0.3) is 0 Å². The number of carbonyl (C=O) groups is 1. The molecule has 1 aliphatic carbocycles. The number of carbonyl (C=O) groups excluding carboxylic acids is 1. The van der Waals surface area contributed by atoms with Crippen LogP contribution in [0.3, 0.4) is 0 Å². The van der Waals surface area contributed by atoms with Crippen molar-refractivity contribution in [2.24, 2.45) is 5.92 Å². The fourth-order valence-electron chi connectivity index (χ4n) is 3.34. The van der Waals surface area contributed by atoms with E-state index >= 15 is 0 Å². The summed E-state index contributed by atoms with van der Waals surface area (Å²) < 4.78 is 0. The Morgan fingerprint density at radius 2 is 1.86 bits per heavy atom. The number of aryl methyl sites for hydroxylation is 1. The van der Waals surface area contributed by atoms with Gasteiger partial charge in [-0.1, -0.05) is 36.8 Å². The summed E-state index contributed by atoms with van der Waals surface area (Å²) in [4.78, 5) is 14.9. The normalized spacial score (nSPS) is 31.0. The lowest BCUT2D eigenvalue weighted by atomic mass is 9.83. The predicted molar refractivity (Wildman–Crippen MR) is 83.1 cm³/mol.